The number of hydrogen-bond acceptors (Lipinski definition) is 4. The normalized spacial score (nSPS) is 22.1. The van der Waals surface area contributed by atoms with Gasteiger partial charge in [0, 0.05) is 25.1 Å². The minimum atomic E-state index is -0.362. The molecule has 1 amide bonds. The molecule has 5 heteroatoms. The molecule has 120 valence electrons. The van der Waals surface area contributed by atoms with Gasteiger partial charge in [0.1, 0.15) is 5.60 Å². The van der Waals surface area contributed by atoms with Gasteiger partial charge in [-0.1, -0.05) is 6.07 Å². The van der Waals surface area contributed by atoms with Gasteiger partial charge in [0.15, 0.2) is 11.5 Å². The molecule has 0 saturated carbocycles. The minimum Gasteiger partial charge on any atom is -0.504 e. The Morgan fingerprint density at radius 2 is 1.95 bits per heavy atom. The highest BCUT2D eigenvalue weighted by Gasteiger charge is 2.36. The van der Waals surface area contributed by atoms with E-state index < -0.39 is 0 Å². The van der Waals surface area contributed by atoms with Crippen LogP contribution in [0.2, 0.25) is 0 Å². The first kappa shape index (κ1) is 15.2. The monoisotopic (exact) mass is 305 g/mol. The van der Waals surface area contributed by atoms with Crippen molar-refractivity contribution in [1.82, 2.24) is 4.90 Å². The van der Waals surface area contributed by atoms with Crippen molar-refractivity contribution in [1.29, 1.82) is 0 Å². The smallest absolute Gasteiger partial charge is 0.257 e. The van der Waals surface area contributed by atoms with E-state index in [1.807, 2.05) is 33.8 Å². The van der Waals surface area contributed by atoms with E-state index in [9.17, 15) is 9.90 Å². The molecule has 1 aromatic carbocycles. The van der Waals surface area contributed by atoms with Crippen molar-refractivity contribution in [2.75, 3.05) is 19.7 Å². The largest absolute Gasteiger partial charge is 0.504 e. The molecule has 5 nitrogen and oxygen atoms in total. The number of phenolic OH excluding ortho intramolecular Hbond substituents is 1. The highest BCUT2D eigenvalue weighted by molar-refractivity contribution is 5.98. The molecule has 0 spiro atoms. The summed E-state index contributed by atoms with van der Waals surface area (Å²) in [5, 5.41) is 10.5. The number of phenols is 1. The standard InChI is InChI=1S/C17H23NO4/c1-16(2)9-11-5-6-12(13(19)14(11)22-16)15(20)18-7-8-21-17(3,4)10-18/h5-6,19H,7-10H2,1-4H3. The van der Waals surface area contributed by atoms with E-state index in [2.05, 4.69) is 0 Å². The fraction of sp³-hybridized carbons (Fsp3) is 0.588. The van der Waals surface area contributed by atoms with E-state index in [0.717, 1.165) is 12.0 Å². The lowest BCUT2D eigenvalue weighted by Crippen LogP contribution is -2.50. The van der Waals surface area contributed by atoms with Crippen LogP contribution in [0.4, 0.5) is 0 Å². The number of fused-ring (bicyclic) bond motifs is 1. The summed E-state index contributed by atoms with van der Waals surface area (Å²) in [5.74, 6) is 0.228. The maximum Gasteiger partial charge on any atom is 0.257 e. The van der Waals surface area contributed by atoms with Gasteiger partial charge in [-0.15, -0.1) is 0 Å². The topological polar surface area (TPSA) is 59.0 Å². The van der Waals surface area contributed by atoms with Crippen molar-refractivity contribution < 1.29 is 19.4 Å². The first-order chi connectivity index (χ1) is 10.2. The molecular weight excluding hydrogens is 282 g/mol. The second kappa shape index (κ2) is 4.88. The fourth-order valence-corrected chi connectivity index (χ4v) is 3.17. The van der Waals surface area contributed by atoms with Gasteiger partial charge in [0.05, 0.1) is 17.8 Å². The number of aromatic hydroxyl groups is 1. The molecule has 1 aromatic rings. The van der Waals surface area contributed by atoms with Crippen LogP contribution in [0.15, 0.2) is 12.1 Å². The molecule has 0 aliphatic carbocycles. The predicted octanol–water partition coefficient (Wildman–Crippen LogP) is 2.36. The van der Waals surface area contributed by atoms with Crippen molar-refractivity contribution >= 4 is 5.91 Å². The predicted molar refractivity (Wildman–Crippen MR) is 82.5 cm³/mol. The number of benzene rings is 1. The third-order valence-corrected chi connectivity index (χ3v) is 4.15. The molecule has 0 bridgehead atoms. The van der Waals surface area contributed by atoms with Crippen molar-refractivity contribution in [2.24, 2.45) is 0 Å². The van der Waals surface area contributed by atoms with Crippen LogP contribution >= 0.6 is 0 Å². The average Bonchev–Trinajstić information content (AvgIpc) is 2.73. The van der Waals surface area contributed by atoms with E-state index in [1.165, 1.54) is 0 Å². The Balaban J connectivity index is 1.89. The third-order valence-electron chi connectivity index (χ3n) is 4.15. The zero-order valence-electron chi connectivity index (χ0n) is 13.6. The molecule has 22 heavy (non-hydrogen) atoms. The van der Waals surface area contributed by atoms with Crippen LogP contribution in [0.3, 0.4) is 0 Å². The van der Waals surface area contributed by atoms with Gasteiger partial charge in [-0.3, -0.25) is 4.79 Å². The minimum absolute atomic E-state index is 0.0441. The Labute approximate surface area is 130 Å². The molecule has 2 aliphatic heterocycles. The number of nitrogens with zero attached hydrogens (tertiary/aromatic N) is 1. The number of ether oxygens (including phenoxy) is 2. The van der Waals surface area contributed by atoms with E-state index in [-0.39, 0.29) is 22.9 Å². The lowest BCUT2D eigenvalue weighted by atomic mass is 9.99. The summed E-state index contributed by atoms with van der Waals surface area (Å²) in [6, 6.07) is 3.58. The van der Waals surface area contributed by atoms with Crippen LogP contribution in [0.5, 0.6) is 11.5 Å². The van der Waals surface area contributed by atoms with Gasteiger partial charge < -0.3 is 19.5 Å². The van der Waals surface area contributed by atoms with Crippen LogP contribution < -0.4 is 4.74 Å². The summed E-state index contributed by atoms with van der Waals surface area (Å²) in [6.07, 6.45) is 0.731. The lowest BCUT2D eigenvalue weighted by molar-refractivity contribution is -0.0764. The van der Waals surface area contributed by atoms with Gasteiger partial charge in [0.25, 0.3) is 5.91 Å². The molecule has 0 atom stereocenters. The number of carbonyl (C=O) groups excluding carboxylic acids is 1. The van der Waals surface area contributed by atoms with Crippen LogP contribution in [0, 0.1) is 0 Å². The summed E-state index contributed by atoms with van der Waals surface area (Å²) in [6.45, 7) is 9.41. The second-order valence-corrected chi connectivity index (χ2v) is 7.32. The summed E-state index contributed by atoms with van der Waals surface area (Å²) < 4.78 is 11.4. The SMILES string of the molecule is CC1(C)CN(C(=O)c2ccc3c(c2O)OC(C)(C)C3)CCO1. The number of rotatable bonds is 1. The second-order valence-electron chi connectivity index (χ2n) is 7.32. The summed E-state index contributed by atoms with van der Waals surface area (Å²) in [4.78, 5) is 14.5. The third kappa shape index (κ3) is 2.65. The number of morpholine rings is 1. The Morgan fingerprint density at radius 1 is 1.23 bits per heavy atom. The Kier molecular flexibility index (Phi) is 3.36. The zero-order valence-corrected chi connectivity index (χ0v) is 13.6. The summed E-state index contributed by atoms with van der Waals surface area (Å²) >= 11 is 0. The number of amides is 1. The van der Waals surface area contributed by atoms with Crippen LogP contribution in [-0.4, -0.2) is 46.8 Å². The summed E-state index contributed by atoms with van der Waals surface area (Å²) in [7, 11) is 0. The molecule has 0 aromatic heterocycles. The Bertz CT molecular complexity index is 621. The van der Waals surface area contributed by atoms with Gasteiger partial charge >= 0.3 is 0 Å². The Hall–Kier alpha value is -1.75. The van der Waals surface area contributed by atoms with Crippen LogP contribution in [-0.2, 0) is 11.2 Å². The molecule has 0 unspecified atom stereocenters. The number of hydrogen-bond donors (Lipinski definition) is 1. The van der Waals surface area contributed by atoms with Gasteiger partial charge in [0.2, 0.25) is 0 Å². The quantitative estimate of drug-likeness (QED) is 0.865. The summed E-state index contributed by atoms with van der Waals surface area (Å²) in [5.41, 5.74) is 0.539. The molecular formula is C17H23NO4. The first-order valence-corrected chi connectivity index (χ1v) is 7.66. The molecule has 2 heterocycles. The van der Waals surface area contributed by atoms with Crippen molar-refractivity contribution in [2.45, 2.75) is 45.3 Å². The molecule has 3 rings (SSSR count). The van der Waals surface area contributed by atoms with E-state index >= 15 is 0 Å². The number of carbonyl (C=O) groups is 1. The fourth-order valence-electron chi connectivity index (χ4n) is 3.17. The molecule has 0 radical (unpaired) electrons. The van der Waals surface area contributed by atoms with E-state index in [1.54, 1.807) is 11.0 Å². The molecule has 1 fully saturated rings. The van der Waals surface area contributed by atoms with Gasteiger partial charge in [-0.2, -0.15) is 0 Å². The van der Waals surface area contributed by atoms with Crippen LogP contribution in [0.1, 0.15) is 43.6 Å². The maximum atomic E-state index is 12.7. The maximum absolute atomic E-state index is 12.7. The van der Waals surface area contributed by atoms with Crippen LogP contribution in [0.25, 0.3) is 0 Å². The zero-order chi connectivity index (χ0) is 16.1. The van der Waals surface area contributed by atoms with Crippen molar-refractivity contribution in [3.8, 4) is 11.5 Å². The first-order valence-electron chi connectivity index (χ1n) is 7.66. The molecule has 1 N–H and O–H groups in total. The Morgan fingerprint density at radius 3 is 2.64 bits per heavy atom. The van der Waals surface area contributed by atoms with Crippen molar-refractivity contribution in [3.05, 3.63) is 23.3 Å². The van der Waals surface area contributed by atoms with Crippen molar-refractivity contribution in [3.63, 3.8) is 0 Å². The highest BCUT2D eigenvalue weighted by Crippen LogP contribution is 2.43. The molecule has 2 aliphatic rings. The highest BCUT2D eigenvalue weighted by atomic mass is 16.5. The van der Waals surface area contributed by atoms with E-state index in [0.29, 0.717) is 31.0 Å². The van der Waals surface area contributed by atoms with Gasteiger partial charge in [-0.25, -0.2) is 0 Å². The molecule has 1 saturated heterocycles. The lowest BCUT2D eigenvalue weighted by Gasteiger charge is -2.38. The average molecular weight is 305 g/mol. The van der Waals surface area contributed by atoms with E-state index in [4.69, 9.17) is 9.47 Å². The van der Waals surface area contributed by atoms with Gasteiger partial charge in [-0.05, 0) is 33.8 Å².